The molecule has 3 fully saturated rings. The highest BCUT2D eigenvalue weighted by atomic mass is 19.4. The van der Waals surface area contributed by atoms with Gasteiger partial charge in [0.15, 0.2) is 5.82 Å². The van der Waals surface area contributed by atoms with E-state index in [9.17, 15) is 22.4 Å². The van der Waals surface area contributed by atoms with Crippen molar-refractivity contribution < 1.29 is 27.1 Å². The number of piperidine rings is 1. The van der Waals surface area contributed by atoms with Gasteiger partial charge < -0.3 is 9.64 Å². The standard InChI is InChI=1S/C24H18F4N4O2/c25-15-3-4-16(21-29-6-1-7-30-21)17(8-15)22(33)32-12-14-9-23(14)10-18(20(23)32)34-19-5-2-13(11-31-19)24(26,27)28/h1-8,11,14,18,20H,9-10,12H2. The van der Waals surface area contributed by atoms with E-state index in [1.807, 2.05) is 0 Å². The SMILES string of the molecule is O=C(c1cc(F)ccc1-c1ncccn1)N1CC2CC23CC(Oc2ccc(C(F)(F)F)cn2)C13. The number of rotatable bonds is 4. The molecule has 4 unspecified atom stereocenters. The van der Waals surface area contributed by atoms with Crippen molar-refractivity contribution in [1.82, 2.24) is 19.9 Å². The Balaban J connectivity index is 1.26. The summed E-state index contributed by atoms with van der Waals surface area (Å²) in [5, 5.41) is 0. The molecule has 0 N–H and O–H groups in total. The molecule has 1 amide bonds. The zero-order valence-corrected chi connectivity index (χ0v) is 17.7. The molecule has 0 bridgehead atoms. The number of hydrogen-bond acceptors (Lipinski definition) is 5. The van der Waals surface area contributed by atoms with Crippen LogP contribution in [0.2, 0.25) is 0 Å². The smallest absolute Gasteiger partial charge is 0.417 e. The monoisotopic (exact) mass is 470 g/mol. The first-order chi connectivity index (χ1) is 16.3. The van der Waals surface area contributed by atoms with Crippen molar-refractivity contribution in [3.05, 3.63) is 71.9 Å². The van der Waals surface area contributed by atoms with E-state index in [-0.39, 0.29) is 28.8 Å². The summed E-state index contributed by atoms with van der Waals surface area (Å²) in [6.45, 7) is 0.523. The van der Waals surface area contributed by atoms with Crippen LogP contribution in [0.15, 0.2) is 55.0 Å². The van der Waals surface area contributed by atoms with E-state index < -0.39 is 23.7 Å². The molecule has 6 nitrogen and oxygen atoms in total. The topological polar surface area (TPSA) is 68.2 Å². The third-order valence-corrected chi connectivity index (χ3v) is 7.17. The van der Waals surface area contributed by atoms with Gasteiger partial charge in [0.05, 0.1) is 17.2 Å². The van der Waals surface area contributed by atoms with Crippen LogP contribution in [-0.4, -0.2) is 44.4 Å². The van der Waals surface area contributed by atoms with Gasteiger partial charge in [-0.2, -0.15) is 13.2 Å². The maximum Gasteiger partial charge on any atom is 0.417 e. The van der Waals surface area contributed by atoms with Gasteiger partial charge in [0, 0.05) is 42.2 Å². The second-order valence-electron chi connectivity index (χ2n) is 9.04. The minimum atomic E-state index is -4.48. The largest absolute Gasteiger partial charge is 0.472 e. The third kappa shape index (κ3) is 3.23. The molecule has 1 aromatic carbocycles. The second kappa shape index (κ2) is 7.22. The van der Waals surface area contributed by atoms with Gasteiger partial charge in [0.1, 0.15) is 11.9 Å². The Morgan fingerprint density at radius 2 is 1.88 bits per heavy atom. The number of pyridine rings is 1. The third-order valence-electron chi connectivity index (χ3n) is 7.17. The van der Waals surface area contributed by atoms with Crippen LogP contribution in [0, 0.1) is 17.2 Å². The lowest BCUT2D eigenvalue weighted by atomic mass is 9.73. The molecule has 10 heteroatoms. The highest BCUT2D eigenvalue weighted by Gasteiger charge is 2.76. The van der Waals surface area contributed by atoms with Crippen molar-refractivity contribution >= 4 is 5.91 Å². The lowest BCUT2D eigenvalue weighted by molar-refractivity contribution is -0.137. The lowest BCUT2D eigenvalue weighted by Gasteiger charge is -2.47. The molecule has 0 radical (unpaired) electrons. The Kier molecular flexibility index (Phi) is 4.46. The van der Waals surface area contributed by atoms with Crippen LogP contribution < -0.4 is 4.74 Å². The number of hydrogen-bond donors (Lipinski definition) is 0. The molecular weight excluding hydrogens is 452 g/mol. The van der Waals surface area contributed by atoms with E-state index in [1.54, 1.807) is 23.4 Å². The van der Waals surface area contributed by atoms with Crippen LogP contribution in [0.3, 0.4) is 0 Å². The van der Waals surface area contributed by atoms with Crippen molar-refractivity contribution in [1.29, 1.82) is 0 Å². The summed E-state index contributed by atoms with van der Waals surface area (Å²) in [5.74, 6) is -0.148. The Hall–Kier alpha value is -3.56. The summed E-state index contributed by atoms with van der Waals surface area (Å²) in [5.41, 5.74) is -0.293. The molecular formula is C24H18F4N4O2. The number of carbonyl (C=O) groups is 1. The molecule has 3 heterocycles. The summed E-state index contributed by atoms with van der Waals surface area (Å²) in [4.78, 5) is 27.5. The summed E-state index contributed by atoms with van der Waals surface area (Å²) in [6.07, 6.45) is 0.629. The number of benzene rings is 1. The number of aromatic nitrogens is 3. The van der Waals surface area contributed by atoms with E-state index in [4.69, 9.17) is 4.74 Å². The maximum atomic E-state index is 14.1. The highest BCUT2D eigenvalue weighted by Crippen LogP contribution is 2.71. The number of nitrogens with zero attached hydrogens (tertiary/aromatic N) is 4. The molecule has 2 saturated carbocycles. The van der Waals surface area contributed by atoms with Crippen LogP contribution in [0.5, 0.6) is 5.88 Å². The Morgan fingerprint density at radius 3 is 2.59 bits per heavy atom. The molecule has 3 aliphatic rings. The Labute approximate surface area is 191 Å². The van der Waals surface area contributed by atoms with Gasteiger partial charge in [-0.25, -0.2) is 19.3 Å². The zero-order chi connectivity index (χ0) is 23.7. The quantitative estimate of drug-likeness (QED) is 0.530. The number of alkyl halides is 3. The van der Waals surface area contributed by atoms with Gasteiger partial charge in [-0.1, -0.05) is 0 Å². The van der Waals surface area contributed by atoms with E-state index >= 15 is 0 Å². The molecule has 34 heavy (non-hydrogen) atoms. The fraction of sp³-hybridized carbons (Fsp3) is 0.333. The molecule has 3 aromatic rings. The van der Waals surface area contributed by atoms with Gasteiger partial charge in [-0.15, -0.1) is 0 Å². The molecule has 2 aromatic heterocycles. The Bertz CT molecular complexity index is 1270. The minimum Gasteiger partial charge on any atom is -0.472 e. The molecule has 174 valence electrons. The molecule has 1 spiro atoms. The van der Waals surface area contributed by atoms with Crippen molar-refractivity contribution in [3.8, 4) is 17.3 Å². The maximum absolute atomic E-state index is 14.1. The summed E-state index contributed by atoms with van der Waals surface area (Å²) in [6, 6.07) is 7.46. The van der Waals surface area contributed by atoms with Gasteiger partial charge >= 0.3 is 6.18 Å². The van der Waals surface area contributed by atoms with E-state index in [0.717, 1.165) is 18.7 Å². The summed E-state index contributed by atoms with van der Waals surface area (Å²) < 4.78 is 58.5. The number of amides is 1. The fourth-order valence-corrected chi connectivity index (χ4v) is 5.51. The van der Waals surface area contributed by atoms with E-state index in [2.05, 4.69) is 15.0 Å². The van der Waals surface area contributed by atoms with Gasteiger partial charge in [-0.3, -0.25) is 4.79 Å². The van der Waals surface area contributed by atoms with E-state index in [1.165, 1.54) is 24.3 Å². The number of halogens is 4. The minimum absolute atomic E-state index is 0.0387. The van der Waals surface area contributed by atoms with Crippen molar-refractivity contribution in [3.63, 3.8) is 0 Å². The molecule has 1 saturated heterocycles. The predicted octanol–water partition coefficient (Wildman–Crippen LogP) is 4.38. The van der Waals surface area contributed by atoms with Gasteiger partial charge in [0.25, 0.3) is 5.91 Å². The van der Waals surface area contributed by atoms with Crippen molar-refractivity contribution in [2.75, 3.05) is 6.54 Å². The van der Waals surface area contributed by atoms with Crippen molar-refractivity contribution in [2.45, 2.75) is 31.2 Å². The molecule has 4 atom stereocenters. The van der Waals surface area contributed by atoms with Crippen LogP contribution in [0.1, 0.15) is 28.8 Å². The number of carbonyl (C=O) groups excluding carboxylic acids is 1. The number of ether oxygens (including phenoxy) is 1. The predicted molar refractivity (Wildman–Crippen MR) is 111 cm³/mol. The average Bonchev–Trinajstić information content (AvgIpc) is 3.47. The first kappa shape index (κ1) is 21.0. The normalized spacial score (nSPS) is 26.9. The van der Waals surface area contributed by atoms with Gasteiger partial charge in [-0.05, 0) is 49.1 Å². The van der Waals surface area contributed by atoms with Crippen LogP contribution in [0.25, 0.3) is 11.4 Å². The zero-order valence-electron chi connectivity index (χ0n) is 17.7. The molecule has 2 aliphatic carbocycles. The summed E-state index contributed by atoms with van der Waals surface area (Å²) in [7, 11) is 0. The van der Waals surface area contributed by atoms with E-state index in [0.29, 0.717) is 30.3 Å². The van der Waals surface area contributed by atoms with Gasteiger partial charge in [0.2, 0.25) is 5.88 Å². The number of likely N-dealkylation sites (tertiary alicyclic amines) is 1. The Morgan fingerprint density at radius 1 is 1.09 bits per heavy atom. The second-order valence-corrected chi connectivity index (χ2v) is 9.04. The van der Waals surface area contributed by atoms with Crippen molar-refractivity contribution in [2.24, 2.45) is 11.3 Å². The first-order valence-electron chi connectivity index (χ1n) is 10.8. The fourth-order valence-electron chi connectivity index (χ4n) is 5.51. The average molecular weight is 470 g/mol. The highest BCUT2D eigenvalue weighted by molar-refractivity contribution is 6.00. The van der Waals surface area contributed by atoms with Crippen LogP contribution >= 0.6 is 0 Å². The molecule has 1 aliphatic heterocycles. The first-order valence-corrected chi connectivity index (χ1v) is 10.8. The van der Waals surface area contributed by atoms with Crippen LogP contribution in [-0.2, 0) is 6.18 Å². The lowest BCUT2D eigenvalue weighted by Crippen LogP contribution is -2.59. The molecule has 6 rings (SSSR count). The summed E-state index contributed by atoms with van der Waals surface area (Å²) >= 11 is 0. The van der Waals surface area contributed by atoms with Crippen LogP contribution in [0.4, 0.5) is 17.6 Å².